The Bertz CT molecular complexity index is 543. The molecule has 114 valence electrons. The second-order valence-corrected chi connectivity index (χ2v) is 5.28. The van der Waals surface area contributed by atoms with Gasteiger partial charge < -0.3 is 16.0 Å². The van der Waals surface area contributed by atoms with Gasteiger partial charge in [-0.25, -0.2) is 8.78 Å². The second-order valence-electron chi connectivity index (χ2n) is 5.28. The van der Waals surface area contributed by atoms with Crippen LogP contribution in [0.2, 0.25) is 0 Å². The van der Waals surface area contributed by atoms with E-state index in [0.29, 0.717) is 25.9 Å². The van der Waals surface area contributed by atoms with Gasteiger partial charge in [0.15, 0.2) is 18.2 Å². The van der Waals surface area contributed by atoms with Crippen molar-refractivity contribution in [3.63, 3.8) is 0 Å². The number of nitrogens with two attached hydrogens (primary N) is 1. The van der Waals surface area contributed by atoms with Crippen LogP contribution in [0.4, 0.5) is 14.5 Å². The summed E-state index contributed by atoms with van der Waals surface area (Å²) < 4.78 is 25.8. The van der Waals surface area contributed by atoms with Crippen LogP contribution in [0.25, 0.3) is 0 Å². The number of anilines is 1. The predicted octanol–water partition coefficient (Wildman–Crippen LogP) is -0.316. The van der Waals surface area contributed by atoms with Crippen molar-refractivity contribution in [2.45, 2.75) is 12.8 Å². The summed E-state index contributed by atoms with van der Waals surface area (Å²) >= 11 is 0. The zero-order valence-corrected chi connectivity index (χ0v) is 11.5. The Kier molecular flexibility index (Phi) is 4.85. The van der Waals surface area contributed by atoms with E-state index in [-0.39, 0.29) is 30.0 Å². The molecule has 0 aliphatic carbocycles. The molecule has 1 fully saturated rings. The SMILES string of the molecule is NC(=O)C1CC[NH+](CC(=O)Nc2ccc(F)c(F)c2)CC1. The summed E-state index contributed by atoms with van der Waals surface area (Å²) in [5, 5.41) is 2.53. The second kappa shape index (κ2) is 6.62. The van der Waals surface area contributed by atoms with Gasteiger partial charge >= 0.3 is 0 Å². The Balaban J connectivity index is 1.82. The van der Waals surface area contributed by atoms with Crippen molar-refractivity contribution < 1.29 is 23.3 Å². The largest absolute Gasteiger partial charge is 0.369 e. The summed E-state index contributed by atoms with van der Waals surface area (Å²) in [7, 11) is 0. The molecule has 1 aromatic rings. The van der Waals surface area contributed by atoms with Crippen LogP contribution >= 0.6 is 0 Å². The lowest BCUT2D eigenvalue weighted by molar-refractivity contribution is -0.897. The highest BCUT2D eigenvalue weighted by atomic mass is 19.2. The zero-order chi connectivity index (χ0) is 15.4. The highest BCUT2D eigenvalue weighted by Gasteiger charge is 2.27. The number of primary amides is 1. The molecule has 1 aliphatic heterocycles. The monoisotopic (exact) mass is 298 g/mol. The van der Waals surface area contributed by atoms with Crippen molar-refractivity contribution in [1.29, 1.82) is 0 Å². The van der Waals surface area contributed by atoms with Gasteiger partial charge in [0.1, 0.15) is 0 Å². The van der Waals surface area contributed by atoms with Crippen LogP contribution in [0, 0.1) is 17.6 Å². The number of halogens is 2. The minimum absolute atomic E-state index is 0.108. The van der Waals surface area contributed by atoms with E-state index in [9.17, 15) is 18.4 Å². The van der Waals surface area contributed by atoms with Gasteiger partial charge in [0.05, 0.1) is 13.1 Å². The molecule has 2 rings (SSSR count). The van der Waals surface area contributed by atoms with Gasteiger partial charge in [-0.2, -0.15) is 0 Å². The number of amides is 2. The number of hydrogen-bond donors (Lipinski definition) is 3. The lowest BCUT2D eigenvalue weighted by Crippen LogP contribution is -3.14. The Morgan fingerprint density at radius 2 is 1.90 bits per heavy atom. The van der Waals surface area contributed by atoms with Gasteiger partial charge in [-0.15, -0.1) is 0 Å². The van der Waals surface area contributed by atoms with E-state index in [0.717, 1.165) is 17.0 Å². The first-order valence-corrected chi connectivity index (χ1v) is 6.83. The summed E-state index contributed by atoms with van der Waals surface area (Å²) in [6.45, 7) is 1.61. The smallest absolute Gasteiger partial charge is 0.279 e. The van der Waals surface area contributed by atoms with Crippen LogP contribution in [0.3, 0.4) is 0 Å². The molecule has 0 unspecified atom stereocenters. The van der Waals surface area contributed by atoms with Crippen LogP contribution in [0.5, 0.6) is 0 Å². The number of benzene rings is 1. The molecule has 4 N–H and O–H groups in total. The lowest BCUT2D eigenvalue weighted by Gasteiger charge is -2.27. The number of quaternary nitrogens is 1. The first-order chi connectivity index (χ1) is 9.95. The van der Waals surface area contributed by atoms with Gasteiger partial charge in [0.25, 0.3) is 5.91 Å². The van der Waals surface area contributed by atoms with Crippen LogP contribution in [-0.2, 0) is 9.59 Å². The fourth-order valence-electron chi connectivity index (χ4n) is 2.49. The molecule has 1 saturated heterocycles. The number of likely N-dealkylation sites (tertiary alicyclic amines) is 1. The average Bonchev–Trinajstić information content (AvgIpc) is 2.43. The van der Waals surface area contributed by atoms with Crippen LogP contribution in [-0.4, -0.2) is 31.4 Å². The highest BCUT2D eigenvalue weighted by Crippen LogP contribution is 2.12. The summed E-state index contributed by atoms with van der Waals surface area (Å²) in [6.07, 6.45) is 1.34. The van der Waals surface area contributed by atoms with Crippen molar-refractivity contribution in [2.75, 3.05) is 25.0 Å². The molecule has 0 bridgehead atoms. The average molecular weight is 298 g/mol. The number of carbonyl (C=O) groups excluding carboxylic acids is 2. The molecule has 1 aliphatic rings. The Hall–Kier alpha value is -2.02. The van der Waals surface area contributed by atoms with Crippen molar-refractivity contribution in [1.82, 2.24) is 0 Å². The topological polar surface area (TPSA) is 76.6 Å². The van der Waals surface area contributed by atoms with Crippen molar-refractivity contribution in [3.8, 4) is 0 Å². The first kappa shape index (κ1) is 15.4. The first-order valence-electron chi connectivity index (χ1n) is 6.83. The van der Waals surface area contributed by atoms with Crippen molar-refractivity contribution >= 4 is 17.5 Å². The number of nitrogens with one attached hydrogen (secondary N) is 2. The summed E-state index contributed by atoms with van der Waals surface area (Å²) in [4.78, 5) is 24.0. The molecule has 1 heterocycles. The summed E-state index contributed by atoms with van der Waals surface area (Å²) in [6, 6.07) is 3.23. The van der Waals surface area contributed by atoms with Crippen LogP contribution in [0.15, 0.2) is 18.2 Å². The Morgan fingerprint density at radius 1 is 1.24 bits per heavy atom. The van der Waals surface area contributed by atoms with Crippen molar-refractivity contribution in [3.05, 3.63) is 29.8 Å². The van der Waals surface area contributed by atoms with Crippen molar-refractivity contribution in [2.24, 2.45) is 11.7 Å². The predicted molar refractivity (Wildman–Crippen MR) is 72.5 cm³/mol. The number of carbonyl (C=O) groups is 2. The third-order valence-electron chi connectivity index (χ3n) is 3.71. The fourth-order valence-corrected chi connectivity index (χ4v) is 2.49. The molecule has 7 heteroatoms. The number of piperidine rings is 1. The minimum Gasteiger partial charge on any atom is -0.369 e. The molecule has 2 amide bonds. The quantitative estimate of drug-likeness (QED) is 0.713. The van der Waals surface area contributed by atoms with E-state index in [1.54, 1.807) is 0 Å². The molecule has 0 atom stereocenters. The van der Waals surface area contributed by atoms with Gasteiger partial charge in [-0.1, -0.05) is 0 Å². The maximum Gasteiger partial charge on any atom is 0.279 e. The van der Waals surface area contributed by atoms with Crippen LogP contribution in [0.1, 0.15) is 12.8 Å². The third-order valence-corrected chi connectivity index (χ3v) is 3.71. The number of rotatable bonds is 4. The molecule has 5 nitrogen and oxygen atoms in total. The molecular formula is C14H18F2N3O2+. The maximum absolute atomic E-state index is 13.0. The van der Waals surface area contributed by atoms with Gasteiger partial charge in [0, 0.05) is 30.5 Å². The molecule has 1 aromatic carbocycles. The Labute approximate surface area is 121 Å². The molecule has 21 heavy (non-hydrogen) atoms. The third kappa shape index (κ3) is 4.22. The zero-order valence-electron chi connectivity index (χ0n) is 11.5. The van der Waals surface area contributed by atoms with E-state index >= 15 is 0 Å². The molecule has 0 saturated carbocycles. The normalized spacial score (nSPS) is 21.8. The molecule has 0 radical (unpaired) electrons. The van der Waals surface area contributed by atoms with Gasteiger partial charge in [-0.05, 0) is 12.1 Å². The highest BCUT2D eigenvalue weighted by molar-refractivity contribution is 5.91. The fraction of sp³-hybridized carbons (Fsp3) is 0.429. The van der Waals surface area contributed by atoms with E-state index in [1.807, 2.05) is 0 Å². The maximum atomic E-state index is 13.0. The molecule has 0 spiro atoms. The number of hydrogen-bond acceptors (Lipinski definition) is 2. The lowest BCUT2D eigenvalue weighted by atomic mass is 9.96. The van der Waals surface area contributed by atoms with E-state index in [2.05, 4.69) is 5.32 Å². The Morgan fingerprint density at radius 3 is 2.48 bits per heavy atom. The standard InChI is InChI=1S/C14H17F2N3O2/c15-11-2-1-10(7-12(11)16)18-13(20)8-19-5-3-9(4-6-19)14(17)21/h1-2,7,9H,3-6,8H2,(H2,17,21)(H,18,20)/p+1. The van der Waals surface area contributed by atoms with E-state index in [1.165, 1.54) is 6.07 Å². The summed E-state index contributed by atoms with van der Waals surface area (Å²) in [5.74, 6) is -2.62. The van der Waals surface area contributed by atoms with E-state index in [4.69, 9.17) is 5.73 Å². The molecule has 0 aromatic heterocycles. The van der Waals surface area contributed by atoms with Crippen LogP contribution < -0.4 is 16.0 Å². The molecular weight excluding hydrogens is 280 g/mol. The van der Waals surface area contributed by atoms with Gasteiger partial charge in [-0.3, -0.25) is 9.59 Å². The minimum atomic E-state index is -0.998. The summed E-state index contributed by atoms with van der Waals surface area (Å²) in [5.41, 5.74) is 5.48. The van der Waals surface area contributed by atoms with E-state index < -0.39 is 11.6 Å². The van der Waals surface area contributed by atoms with Gasteiger partial charge in [0.2, 0.25) is 5.91 Å².